The van der Waals surface area contributed by atoms with Gasteiger partial charge in [0.25, 0.3) is 11.5 Å². The van der Waals surface area contributed by atoms with Crippen LogP contribution in [0.3, 0.4) is 0 Å². The summed E-state index contributed by atoms with van der Waals surface area (Å²) in [5.41, 5.74) is -1.02. The minimum absolute atomic E-state index is 0.0794. The highest BCUT2D eigenvalue weighted by Gasteiger charge is 2.50. The number of aromatic amines is 1. The molecule has 6 nitrogen and oxygen atoms in total. The van der Waals surface area contributed by atoms with E-state index in [9.17, 15) is 14.4 Å². The number of pyridine rings is 1. The molecular formula is C15H14N2O4. The predicted molar refractivity (Wildman–Crippen MR) is 76.2 cm³/mol. The SMILES string of the molecule is O=C(NCC1(C(=O)O)CC1)c1cc2ccccc2c(=O)[nH]1. The van der Waals surface area contributed by atoms with Crippen molar-refractivity contribution < 1.29 is 14.7 Å². The molecule has 2 aromatic rings. The van der Waals surface area contributed by atoms with Crippen LogP contribution in [0.1, 0.15) is 23.3 Å². The number of amides is 1. The van der Waals surface area contributed by atoms with Crippen molar-refractivity contribution in [3.8, 4) is 0 Å². The molecule has 0 unspecified atom stereocenters. The van der Waals surface area contributed by atoms with Crippen molar-refractivity contribution in [3.63, 3.8) is 0 Å². The highest BCUT2D eigenvalue weighted by Crippen LogP contribution is 2.45. The van der Waals surface area contributed by atoms with Gasteiger partial charge in [0.15, 0.2) is 0 Å². The molecule has 1 aromatic heterocycles. The first-order valence-electron chi connectivity index (χ1n) is 6.65. The minimum Gasteiger partial charge on any atom is -0.481 e. The highest BCUT2D eigenvalue weighted by atomic mass is 16.4. The van der Waals surface area contributed by atoms with Crippen LogP contribution in [0.4, 0.5) is 0 Å². The molecule has 1 aliphatic carbocycles. The first-order chi connectivity index (χ1) is 10.0. The van der Waals surface area contributed by atoms with Crippen LogP contribution in [0.2, 0.25) is 0 Å². The van der Waals surface area contributed by atoms with E-state index in [4.69, 9.17) is 5.11 Å². The second-order valence-electron chi connectivity index (χ2n) is 5.37. The van der Waals surface area contributed by atoms with Gasteiger partial charge in [0, 0.05) is 11.9 Å². The Morgan fingerprint density at radius 3 is 2.67 bits per heavy atom. The van der Waals surface area contributed by atoms with E-state index in [1.165, 1.54) is 0 Å². The smallest absolute Gasteiger partial charge is 0.311 e. The number of carbonyl (C=O) groups excluding carboxylic acids is 1. The molecule has 21 heavy (non-hydrogen) atoms. The first kappa shape index (κ1) is 13.4. The number of nitrogens with one attached hydrogen (secondary N) is 2. The number of benzene rings is 1. The number of carboxylic acid groups (broad SMARTS) is 1. The van der Waals surface area contributed by atoms with Gasteiger partial charge in [0.1, 0.15) is 5.69 Å². The molecule has 0 aliphatic heterocycles. The second kappa shape index (κ2) is 4.73. The third-order valence-corrected chi connectivity index (χ3v) is 3.89. The summed E-state index contributed by atoms with van der Waals surface area (Å²) in [5.74, 6) is -1.36. The monoisotopic (exact) mass is 286 g/mol. The van der Waals surface area contributed by atoms with Crippen LogP contribution in [-0.4, -0.2) is 28.5 Å². The molecule has 1 amide bonds. The lowest BCUT2D eigenvalue weighted by Gasteiger charge is -2.11. The molecule has 108 valence electrons. The van der Waals surface area contributed by atoms with Crippen molar-refractivity contribution in [3.05, 3.63) is 46.4 Å². The van der Waals surface area contributed by atoms with Crippen molar-refractivity contribution in [1.29, 1.82) is 0 Å². The number of H-pyrrole nitrogens is 1. The van der Waals surface area contributed by atoms with Gasteiger partial charge in [-0.1, -0.05) is 18.2 Å². The summed E-state index contributed by atoms with van der Waals surface area (Å²) in [6.45, 7) is 0.0794. The van der Waals surface area contributed by atoms with E-state index in [1.54, 1.807) is 30.3 Å². The van der Waals surface area contributed by atoms with Gasteiger partial charge in [0.05, 0.1) is 5.41 Å². The topological polar surface area (TPSA) is 99.3 Å². The molecule has 1 fully saturated rings. The van der Waals surface area contributed by atoms with Crippen LogP contribution in [0, 0.1) is 5.41 Å². The minimum atomic E-state index is -0.894. The maximum Gasteiger partial charge on any atom is 0.311 e. The summed E-state index contributed by atoms with van der Waals surface area (Å²) >= 11 is 0. The number of hydrogen-bond donors (Lipinski definition) is 3. The van der Waals surface area contributed by atoms with Crippen molar-refractivity contribution in [2.24, 2.45) is 5.41 Å². The molecular weight excluding hydrogens is 272 g/mol. The van der Waals surface area contributed by atoms with Crippen LogP contribution >= 0.6 is 0 Å². The Morgan fingerprint density at radius 1 is 1.29 bits per heavy atom. The predicted octanol–water partition coefficient (Wildman–Crippen LogP) is 1.12. The number of rotatable bonds is 4. The van der Waals surface area contributed by atoms with E-state index < -0.39 is 17.3 Å². The Labute approximate surface area is 119 Å². The average molecular weight is 286 g/mol. The van der Waals surface area contributed by atoms with Gasteiger partial charge < -0.3 is 15.4 Å². The standard InChI is InChI=1S/C15H14N2O4/c18-12-10-4-2-1-3-9(10)7-11(17-12)13(19)16-8-15(5-6-15)14(20)21/h1-4,7H,5-6,8H2,(H,16,19)(H,17,18)(H,20,21). The lowest BCUT2D eigenvalue weighted by atomic mass is 10.1. The Morgan fingerprint density at radius 2 is 2.00 bits per heavy atom. The fourth-order valence-corrected chi connectivity index (χ4v) is 2.30. The molecule has 0 spiro atoms. The van der Waals surface area contributed by atoms with Gasteiger partial charge in [0.2, 0.25) is 0 Å². The molecule has 0 bridgehead atoms. The van der Waals surface area contributed by atoms with Gasteiger partial charge in [-0.05, 0) is 30.4 Å². The lowest BCUT2D eigenvalue weighted by molar-refractivity contribution is -0.143. The number of carboxylic acids is 1. The summed E-state index contributed by atoms with van der Waals surface area (Å²) < 4.78 is 0. The van der Waals surface area contributed by atoms with E-state index in [1.807, 2.05) is 0 Å². The van der Waals surface area contributed by atoms with Crippen molar-refractivity contribution in [2.75, 3.05) is 6.54 Å². The Hall–Kier alpha value is -2.63. The van der Waals surface area contributed by atoms with Crippen LogP contribution in [0.5, 0.6) is 0 Å². The van der Waals surface area contributed by atoms with Gasteiger partial charge >= 0.3 is 5.97 Å². The zero-order chi connectivity index (χ0) is 15.0. The molecule has 1 heterocycles. The number of aliphatic carboxylic acids is 1. The highest BCUT2D eigenvalue weighted by molar-refractivity contribution is 5.96. The summed E-state index contributed by atoms with van der Waals surface area (Å²) in [5, 5.41) is 12.8. The van der Waals surface area contributed by atoms with Crippen LogP contribution < -0.4 is 10.9 Å². The van der Waals surface area contributed by atoms with Gasteiger partial charge in [-0.15, -0.1) is 0 Å². The Kier molecular flexibility index (Phi) is 3.01. The molecule has 0 radical (unpaired) electrons. The van der Waals surface area contributed by atoms with Crippen molar-refractivity contribution in [2.45, 2.75) is 12.8 Å². The number of fused-ring (bicyclic) bond motifs is 1. The summed E-state index contributed by atoms with van der Waals surface area (Å²) in [4.78, 5) is 37.5. The van der Waals surface area contributed by atoms with E-state index in [-0.39, 0.29) is 17.8 Å². The van der Waals surface area contributed by atoms with Crippen molar-refractivity contribution in [1.82, 2.24) is 10.3 Å². The summed E-state index contributed by atoms with van der Waals surface area (Å²) in [6.07, 6.45) is 1.13. The zero-order valence-electron chi connectivity index (χ0n) is 11.2. The number of carbonyl (C=O) groups is 2. The Bertz CT molecular complexity index is 790. The van der Waals surface area contributed by atoms with Crippen LogP contribution in [0.15, 0.2) is 35.1 Å². The summed E-state index contributed by atoms with van der Waals surface area (Å²) in [7, 11) is 0. The lowest BCUT2D eigenvalue weighted by Crippen LogP contribution is -2.35. The molecule has 6 heteroatoms. The quantitative estimate of drug-likeness (QED) is 0.784. The second-order valence-corrected chi connectivity index (χ2v) is 5.37. The number of aromatic nitrogens is 1. The largest absolute Gasteiger partial charge is 0.481 e. The van der Waals surface area contributed by atoms with Crippen molar-refractivity contribution >= 4 is 22.6 Å². The third kappa shape index (κ3) is 2.40. The van der Waals surface area contributed by atoms with E-state index in [0.717, 1.165) is 0 Å². The average Bonchev–Trinajstić information content (AvgIpc) is 3.26. The normalized spacial score (nSPS) is 15.6. The summed E-state index contributed by atoms with van der Waals surface area (Å²) in [6, 6.07) is 8.56. The number of hydrogen-bond acceptors (Lipinski definition) is 3. The molecule has 3 rings (SSSR count). The fourth-order valence-electron chi connectivity index (χ4n) is 2.30. The van der Waals surface area contributed by atoms with E-state index in [2.05, 4.69) is 10.3 Å². The zero-order valence-corrected chi connectivity index (χ0v) is 11.2. The third-order valence-electron chi connectivity index (χ3n) is 3.89. The molecule has 1 saturated carbocycles. The van der Waals surface area contributed by atoms with Crippen LogP contribution in [0.25, 0.3) is 10.8 Å². The molecule has 1 aromatic carbocycles. The fraction of sp³-hybridized carbons (Fsp3) is 0.267. The van der Waals surface area contributed by atoms with Crippen LogP contribution in [-0.2, 0) is 4.79 Å². The van der Waals surface area contributed by atoms with E-state index >= 15 is 0 Å². The maximum atomic E-state index is 12.1. The van der Waals surface area contributed by atoms with E-state index in [0.29, 0.717) is 23.6 Å². The van der Waals surface area contributed by atoms with Gasteiger partial charge in [-0.2, -0.15) is 0 Å². The molecule has 0 atom stereocenters. The first-order valence-corrected chi connectivity index (χ1v) is 6.65. The molecule has 0 saturated heterocycles. The van der Waals surface area contributed by atoms with Gasteiger partial charge in [-0.25, -0.2) is 0 Å². The maximum absolute atomic E-state index is 12.1. The molecule has 3 N–H and O–H groups in total. The van der Waals surface area contributed by atoms with Gasteiger partial charge in [-0.3, -0.25) is 14.4 Å². The Balaban J connectivity index is 1.82. The molecule has 1 aliphatic rings.